The highest BCUT2D eigenvalue weighted by Crippen LogP contribution is 2.51. The van der Waals surface area contributed by atoms with Crippen LogP contribution in [0.4, 0.5) is 0 Å². The Morgan fingerprint density at radius 2 is 2.10 bits per heavy atom. The van der Waals surface area contributed by atoms with E-state index in [9.17, 15) is 4.79 Å². The van der Waals surface area contributed by atoms with Crippen molar-refractivity contribution in [1.82, 2.24) is 0 Å². The summed E-state index contributed by atoms with van der Waals surface area (Å²) in [5, 5.41) is 0. The first-order valence-corrected chi connectivity index (χ1v) is 4.28. The van der Waals surface area contributed by atoms with Crippen LogP contribution >= 0.6 is 0 Å². The summed E-state index contributed by atoms with van der Waals surface area (Å²) >= 11 is 0. The van der Waals surface area contributed by atoms with Crippen molar-refractivity contribution in [3.63, 3.8) is 0 Å². The van der Waals surface area contributed by atoms with Crippen molar-refractivity contribution < 1.29 is 4.79 Å². The first-order valence-electron chi connectivity index (χ1n) is 4.28. The van der Waals surface area contributed by atoms with Crippen LogP contribution in [0.15, 0.2) is 0 Å². The predicted octanol–water partition coefficient (Wildman–Crippen LogP) is 1.87. The van der Waals surface area contributed by atoms with Crippen molar-refractivity contribution in [3.8, 4) is 0 Å². The van der Waals surface area contributed by atoms with Crippen LogP contribution in [0, 0.1) is 23.7 Å². The number of carbonyl (C=O) groups is 1. The third-order valence-corrected chi connectivity index (χ3v) is 2.99. The molecule has 0 spiro atoms. The summed E-state index contributed by atoms with van der Waals surface area (Å²) in [6.45, 7) is 2.25. The lowest BCUT2D eigenvalue weighted by molar-refractivity contribution is -0.112. The van der Waals surface area contributed by atoms with Crippen LogP contribution in [0.2, 0.25) is 0 Å². The molecule has 0 N–H and O–H groups in total. The van der Waals surface area contributed by atoms with E-state index in [-0.39, 0.29) is 0 Å². The molecule has 3 atom stereocenters. The van der Waals surface area contributed by atoms with E-state index in [0.29, 0.717) is 5.92 Å². The zero-order valence-electron chi connectivity index (χ0n) is 6.42. The minimum absolute atomic E-state index is 0.440. The maximum Gasteiger partial charge on any atom is 0.123 e. The lowest BCUT2D eigenvalue weighted by Gasteiger charge is -2.04. The lowest BCUT2D eigenvalue weighted by Crippen LogP contribution is -2.07. The van der Waals surface area contributed by atoms with E-state index in [0.717, 1.165) is 17.8 Å². The Bertz CT molecular complexity index is 149. The van der Waals surface area contributed by atoms with Crippen molar-refractivity contribution in [2.24, 2.45) is 23.7 Å². The molecule has 10 heavy (non-hydrogen) atoms. The third kappa shape index (κ3) is 0.979. The van der Waals surface area contributed by atoms with Gasteiger partial charge in [-0.25, -0.2) is 0 Å². The van der Waals surface area contributed by atoms with Crippen LogP contribution in [-0.4, -0.2) is 6.29 Å². The molecule has 1 heteroatoms. The molecule has 2 fully saturated rings. The summed E-state index contributed by atoms with van der Waals surface area (Å²) in [6, 6.07) is 0. The van der Waals surface area contributed by atoms with E-state index in [4.69, 9.17) is 0 Å². The predicted molar refractivity (Wildman–Crippen MR) is 39.5 cm³/mol. The van der Waals surface area contributed by atoms with Crippen molar-refractivity contribution in [2.75, 3.05) is 0 Å². The van der Waals surface area contributed by atoms with Crippen LogP contribution in [0.25, 0.3) is 0 Å². The topological polar surface area (TPSA) is 17.1 Å². The second-order valence-electron chi connectivity index (χ2n) is 3.93. The quantitative estimate of drug-likeness (QED) is 0.544. The van der Waals surface area contributed by atoms with E-state index in [2.05, 4.69) is 6.92 Å². The Hall–Kier alpha value is -0.330. The fourth-order valence-corrected chi connectivity index (χ4v) is 1.93. The van der Waals surface area contributed by atoms with Gasteiger partial charge in [0.25, 0.3) is 0 Å². The van der Waals surface area contributed by atoms with E-state index in [1.54, 1.807) is 0 Å². The summed E-state index contributed by atoms with van der Waals surface area (Å²) in [5.74, 6) is 2.84. The average molecular weight is 138 g/mol. The number of aldehydes is 1. The van der Waals surface area contributed by atoms with Gasteiger partial charge in [0, 0.05) is 5.92 Å². The molecule has 2 saturated carbocycles. The van der Waals surface area contributed by atoms with Crippen LogP contribution in [0.3, 0.4) is 0 Å². The van der Waals surface area contributed by atoms with E-state index >= 15 is 0 Å². The highest BCUT2D eigenvalue weighted by molar-refractivity contribution is 5.56. The van der Waals surface area contributed by atoms with Gasteiger partial charge in [-0.3, -0.25) is 0 Å². The summed E-state index contributed by atoms with van der Waals surface area (Å²) < 4.78 is 0. The van der Waals surface area contributed by atoms with Gasteiger partial charge in [-0.2, -0.15) is 0 Å². The molecule has 56 valence electrons. The first kappa shape index (κ1) is 6.38. The SMILES string of the molecule is C[C@@H]1CC1[C@@H](C=O)C1CC1. The molecule has 0 aromatic heterocycles. The lowest BCUT2D eigenvalue weighted by atomic mass is 9.99. The van der Waals surface area contributed by atoms with Gasteiger partial charge in [-0.1, -0.05) is 6.92 Å². The van der Waals surface area contributed by atoms with Crippen molar-refractivity contribution in [2.45, 2.75) is 26.2 Å². The van der Waals surface area contributed by atoms with Gasteiger partial charge in [0.15, 0.2) is 0 Å². The standard InChI is InChI=1S/C9H14O/c1-6-4-8(6)9(5-10)7-2-3-7/h5-9H,2-4H2,1H3/t6-,8?,9+/m1/s1. The zero-order chi connectivity index (χ0) is 7.14. The number of hydrogen-bond donors (Lipinski definition) is 0. The Morgan fingerprint density at radius 1 is 1.50 bits per heavy atom. The molecule has 1 unspecified atom stereocenters. The molecule has 1 nitrogen and oxygen atoms in total. The molecule has 0 aromatic rings. The van der Waals surface area contributed by atoms with Crippen LogP contribution in [-0.2, 0) is 4.79 Å². The van der Waals surface area contributed by atoms with Crippen LogP contribution in [0.1, 0.15) is 26.2 Å². The number of rotatable bonds is 3. The first-order chi connectivity index (χ1) is 4.83. The molecular formula is C9H14O. The molecule has 2 aliphatic carbocycles. The minimum atomic E-state index is 0.440. The molecule has 0 bridgehead atoms. The highest BCUT2D eigenvalue weighted by atomic mass is 16.1. The fourth-order valence-electron chi connectivity index (χ4n) is 1.93. The van der Waals surface area contributed by atoms with Crippen molar-refractivity contribution >= 4 is 6.29 Å². The van der Waals surface area contributed by atoms with Crippen LogP contribution < -0.4 is 0 Å². The molecular weight excluding hydrogens is 124 g/mol. The maximum atomic E-state index is 10.6. The Morgan fingerprint density at radius 3 is 2.40 bits per heavy atom. The Kier molecular flexibility index (Phi) is 1.33. The largest absolute Gasteiger partial charge is 0.303 e. The maximum absolute atomic E-state index is 10.6. The van der Waals surface area contributed by atoms with Gasteiger partial charge in [-0.05, 0) is 37.0 Å². The van der Waals surface area contributed by atoms with E-state index in [1.807, 2.05) is 0 Å². The van der Waals surface area contributed by atoms with Crippen molar-refractivity contribution in [3.05, 3.63) is 0 Å². The zero-order valence-corrected chi connectivity index (χ0v) is 6.42. The van der Waals surface area contributed by atoms with Crippen molar-refractivity contribution in [1.29, 1.82) is 0 Å². The van der Waals surface area contributed by atoms with E-state index in [1.165, 1.54) is 25.5 Å². The Labute approximate surface area is 61.8 Å². The summed E-state index contributed by atoms with van der Waals surface area (Å²) in [4.78, 5) is 10.6. The van der Waals surface area contributed by atoms with Gasteiger partial charge in [-0.15, -0.1) is 0 Å². The average Bonchev–Trinajstić information content (AvgIpc) is 2.73. The van der Waals surface area contributed by atoms with Gasteiger partial charge in [0.05, 0.1) is 0 Å². The third-order valence-electron chi connectivity index (χ3n) is 2.99. The smallest absolute Gasteiger partial charge is 0.123 e. The van der Waals surface area contributed by atoms with Gasteiger partial charge >= 0.3 is 0 Å². The van der Waals surface area contributed by atoms with E-state index < -0.39 is 0 Å². The van der Waals surface area contributed by atoms with Gasteiger partial charge in [0.1, 0.15) is 6.29 Å². The fraction of sp³-hybridized carbons (Fsp3) is 0.889. The number of hydrogen-bond acceptors (Lipinski definition) is 1. The second-order valence-corrected chi connectivity index (χ2v) is 3.93. The molecule has 2 rings (SSSR count). The van der Waals surface area contributed by atoms with Gasteiger partial charge in [0.2, 0.25) is 0 Å². The Balaban J connectivity index is 1.92. The summed E-state index contributed by atoms with van der Waals surface area (Å²) in [6.07, 6.45) is 5.13. The number of carbonyl (C=O) groups excluding carboxylic acids is 1. The highest BCUT2D eigenvalue weighted by Gasteiger charge is 2.45. The summed E-state index contributed by atoms with van der Waals surface area (Å²) in [5.41, 5.74) is 0. The molecule has 0 heterocycles. The molecule has 0 saturated heterocycles. The monoisotopic (exact) mass is 138 g/mol. The second kappa shape index (κ2) is 2.08. The van der Waals surface area contributed by atoms with Crippen LogP contribution in [0.5, 0.6) is 0 Å². The van der Waals surface area contributed by atoms with Gasteiger partial charge < -0.3 is 4.79 Å². The molecule has 0 aromatic carbocycles. The minimum Gasteiger partial charge on any atom is -0.303 e. The molecule has 2 aliphatic rings. The molecule has 0 aliphatic heterocycles. The molecule has 0 radical (unpaired) electrons. The normalized spacial score (nSPS) is 40.9. The molecule has 0 amide bonds. The summed E-state index contributed by atoms with van der Waals surface area (Å²) in [7, 11) is 0.